The van der Waals surface area contributed by atoms with E-state index in [0.717, 1.165) is 51.1 Å². The molecule has 0 aromatic rings. The Morgan fingerprint density at radius 3 is 2.39 bits per heavy atom. The first-order chi connectivity index (χ1) is 11.2. The number of hydrogen-bond acceptors (Lipinski definition) is 2. The van der Waals surface area contributed by atoms with Crippen molar-refractivity contribution in [3.63, 3.8) is 0 Å². The lowest BCUT2D eigenvalue weighted by Crippen LogP contribution is -2.47. The largest absolute Gasteiger partial charge is 0.342 e. The molecule has 1 saturated heterocycles. The summed E-state index contributed by atoms with van der Waals surface area (Å²) in [6, 6.07) is 0.546. The maximum absolute atomic E-state index is 12.4. The van der Waals surface area contributed by atoms with Crippen LogP contribution in [0, 0.1) is 17.8 Å². The second-order valence-electron chi connectivity index (χ2n) is 8.14. The van der Waals surface area contributed by atoms with Crippen molar-refractivity contribution in [3.8, 4) is 0 Å². The van der Waals surface area contributed by atoms with E-state index in [1.54, 1.807) is 0 Å². The molecule has 0 spiro atoms. The predicted octanol–water partition coefficient (Wildman–Crippen LogP) is 2.27. The van der Waals surface area contributed by atoms with Crippen molar-refractivity contribution in [2.24, 2.45) is 17.8 Å². The van der Waals surface area contributed by atoms with Crippen LogP contribution in [-0.2, 0) is 4.79 Å². The van der Waals surface area contributed by atoms with Gasteiger partial charge in [0.15, 0.2) is 0 Å². The Kier molecular flexibility index (Phi) is 4.20. The second kappa shape index (κ2) is 6.33. The zero-order valence-electron chi connectivity index (χ0n) is 13.9. The van der Waals surface area contributed by atoms with Gasteiger partial charge < -0.3 is 15.5 Å². The highest BCUT2D eigenvalue weighted by Gasteiger charge is 2.40. The molecular weight excluding hydrogens is 290 g/mol. The van der Waals surface area contributed by atoms with E-state index < -0.39 is 0 Å². The number of carbonyl (C=O) groups is 2. The minimum absolute atomic E-state index is 0.0122. The van der Waals surface area contributed by atoms with Crippen molar-refractivity contribution in [1.82, 2.24) is 15.5 Å². The average Bonchev–Trinajstić information content (AvgIpc) is 3.31. The van der Waals surface area contributed by atoms with Gasteiger partial charge in [-0.25, -0.2) is 4.79 Å². The van der Waals surface area contributed by atoms with Gasteiger partial charge in [-0.05, 0) is 63.2 Å². The van der Waals surface area contributed by atoms with Crippen LogP contribution < -0.4 is 10.6 Å². The SMILES string of the molecule is O=C(NC1CC2CCC1C2)N[C@H]1CC[C@@H](C(=O)N2CCCC2)C1. The van der Waals surface area contributed by atoms with Gasteiger partial charge >= 0.3 is 6.03 Å². The van der Waals surface area contributed by atoms with Gasteiger partial charge in [0.2, 0.25) is 5.91 Å². The molecule has 4 fully saturated rings. The molecule has 3 amide bonds. The van der Waals surface area contributed by atoms with Crippen LogP contribution in [0.15, 0.2) is 0 Å². The topological polar surface area (TPSA) is 61.4 Å². The summed E-state index contributed by atoms with van der Waals surface area (Å²) in [6.45, 7) is 1.86. The zero-order valence-corrected chi connectivity index (χ0v) is 13.9. The fourth-order valence-corrected chi connectivity index (χ4v) is 5.35. The molecule has 1 aliphatic heterocycles. The first-order valence-electron chi connectivity index (χ1n) is 9.55. The van der Waals surface area contributed by atoms with Crippen molar-refractivity contribution in [2.45, 2.75) is 69.9 Å². The number of nitrogens with zero attached hydrogens (tertiary/aromatic N) is 1. The standard InChI is InChI=1S/C18H29N3O2/c22-17(21-7-1-2-8-21)14-5-6-15(11-14)19-18(23)20-16-10-12-3-4-13(16)9-12/h12-16H,1-11H2,(H2,19,20,23)/t12?,13?,14-,15+,16?/m1/s1. The Balaban J connectivity index is 1.22. The normalized spacial score (nSPS) is 39.0. The van der Waals surface area contributed by atoms with Gasteiger partial charge in [-0.15, -0.1) is 0 Å². The maximum atomic E-state index is 12.4. The summed E-state index contributed by atoms with van der Waals surface area (Å²) >= 11 is 0. The van der Waals surface area contributed by atoms with E-state index in [0.29, 0.717) is 17.9 Å². The van der Waals surface area contributed by atoms with Crippen LogP contribution in [0.3, 0.4) is 0 Å². The molecule has 5 heteroatoms. The first kappa shape index (κ1) is 15.3. The molecule has 3 saturated carbocycles. The molecule has 1 heterocycles. The molecular formula is C18H29N3O2. The third kappa shape index (κ3) is 3.20. The van der Waals surface area contributed by atoms with Crippen molar-refractivity contribution >= 4 is 11.9 Å². The van der Waals surface area contributed by atoms with Crippen molar-refractivity contribution in [1.29, 1.82) is 0 Å². The minimum atomic E-state index is -0.0122. The second-order valence-corrected chi connectivity index (χ2v) is 8.14. The summed E-state index contributed by atoms with van der Waals surface area (Å²) in [5.41, 5.74) is 0. The highest BCUT2D eigenvalue weighted by molar-refractivity contribution is 5.80. The Bertz CT molecular complexity index is 475. The molecule has 4 aliphatic rings. The van der Waals surface area contributed by atoms with Gasteiger partial charge in [0.25, 0.3) is 0 Å². The van der Waals surface area contributed by atoms with Gasteiger partial charge in [0.05, 0.1) is 0 Å². The quantitative estimate of drug-likeness (QED) is 0.838. The highest BCUT2D eigenvalue weighted by atomic mass is 16.2. The van der Waals surface area contributed by atoms with E-state index in [1.807, 2.05) is 4.90 Å². The predicted molar refractivity (Wildman–Crippen MR) is 87.8 cm³/mol. The summed E-state index contributed by atoms with van der Waals surface area (Å²) in [4.78, 5) is 26.7. The number of hydrogen-bond donors (Lipinski definition) is 2. The summed E-state index contributed by atoms with van der Waals surface area (Å²) in [5.74, 6) is 2.00. The molecule has 0 radical (unpaired) electrons. The number of nitrogens with one attached hydrogen (secondary N) is 2. The smallest absolute Gasteiger partial charge is 0.315 e. The Hall–Kier alpha value is -1.26. The van der Waals surface area contributed by atoms with Gasteiger partial charge in [-0.1, -0.05) is 6.42 Å². The van der Waals surface area contributed by atoms with Crippen LogP contribution in [0.2, 0.25) is 0 Å². The van der Waals surface area contributed by atoms with Crippen LogP contribution in [0.1, 0.15) is 57.8 Å². The summed E-state index contributed by atoms with van der Waals surface area (Å²) < 4.78 is 0. The molecule has 2 N–H and O–H groups in total. The van der Waals surface area contributed by atoms with Gasteiger partial charge in [0, 0.05) is 31.1 Å². The number of fused-ring (bicyclic) bond motifs is 2. The Morgan fingerprint density at radius 1 is 0.870 bits per heavy atom. The van der Waals surface area contributed by atoms with Crippen LogP contribution >= 0.6 is 0 Å². The number of amides is 3. The first-order valence-corrected chi connectivity index (χ1v) is 9.55. The van der Waals surface area contributed by atoms with E-state index >= 15 is 0 Å². The summed E-state index contributed by atoms with van der Waals surface area (Å²) in [6.07, 6.45) is 10.1. The lowest BCUT2D eigenvalue weighted by Gasteiger charge is -2.24. The third-order valence-corrected chi connectivity index (χ3v) is 6.59. The molecule has 3 unspecified atom stereocenters. The maximum Gasteiger partial charge on any atom is 0.315 e. The van der Waals surface area contributed by atoms with Gasteiger partial charge in [-0.3, -0.25) is 4.79 Å². The Morgan fingerprint density at radius 2 is 1.70 bits per heavy atom. The number of likely N-dealkylation sites (tertiary alicyclic amines) is 1. The van der Waals surface area contributed by atoms with Crippen molar-refractivity contribution in [3.05, 3.63) is 0 Å². The van der Waals surface area contributed by atoms with Crippen LogP contribution in [0.4, 0.5) is 4.79 Å². The van der Waals surface area contributed by atoms with E-state index in [2.05, 4.69) is 10.6 Å². The van der Waals surface area contributed by atoms with Crippen LogP contribution in [0.25, 0.3) is 0 Å². The van der Waals surface area contributed by atoms with E-state index in [9.17, 15) is 9.59 Å². The highest BCUT2D eigenvalue weighted by Crippen LogP contribution is 2.44. The Labute approximate surface area is 138 Å². The minimum Gasteiger partial charge on any atom is -0.342 e. The van der Waals surface area contributed by atoms with E-state index in [4.69, 9.17) is 0 Å². The lowest BCUT2D eigenvalue weighted by molar-refractivity contribution is -0.134. The van der Waals surface area contributed by atoms with Crippen LogP contribution in [0.5, 0.6) is 0 Å². The third-order valence-electron chi connectivity index (χ3n) is 6.59. The molecule has 0 aromatic carbocycles. The average molecular weight is 319 g/mol. The van der Waals surface area contributed by atoms with E-state index in [-0.39, 0.29) is 18.0 Å². The summed E-state index contributed by atoms with van der Waals surface area (Å²) in [5, 5.41) is 6.31. The number of rotatable bonds is 3. The molecule has 23 heavy (non-hydrogen) atoms. The van der Waals surface area contributed by atoms with E-state index in [1.165, 1.54) is 25.7 Å². The number of carbonyl (C=O) groups excluding carboxylic acids is 2. The number of urea groups is 1. The fourth-order valence-electron chi connectivity index (χ4n) is 5.35. The van der Waals surface area contributed by atoms with Gasteiger partial charge in [-0.2, -0.15) is 0 Å². The molecule has 5 nitrogen and oxygen atoms in total. The molecule has 2 bridgehead atoms. The zero-order chi connectivity index (χ0) is 15.8. The summed E-state index contributed by atoms with van der Waals surface area (Å²) in [7, 11) is 0. The molecule has 0 aromatic heterocycles. The van der Waals surface area contributed by atoms with Crippen molar-refractivity contribution < 1.29 is 9.59 Å². The van der Waals surface area contributed by atoms with Crippen LogP contribution in [-0.4, -0.2) is 42.0 Å². The monoisotopic (exact) mass is 319 g/mol. The van der Waals surface area contributed by atoms with Crippen molar-refractivity contribution in [2.75, 3.05) is 13.1 Å². The molecule has 128 valence electrons. The molecule has 4 rings (SSSR count). The van der Waals surface area contributed by atoms with Gasteiger partial charge in [0.1, 0.15) is 0 Å². The fraction of sp³-hybridized carbons (Fsp3) is 0.889. The lowest BCUT2D eigenvalue weighted by atomic mass is 9.95. The molecule has 3 aliphatic carbocycles. The molecule has 5 atom stereocenters.